The number of hydrogen-bond donors (Lipinski definition) is 1. The largest absolute Gasteiger partial charge is 0.481 e. The molecule has 4 nitrogen and oxygen atoms in total. The van der Waals surface area contributed by atoms with Gasteiger partial charge >= 0.3 is 11.9 Å². The van der Waals surface area contributed by atoms with Crippen LogP contribution in [-0.2, 0) is 14.3 Å². The molecule has 256 valence electrons. The number of hydrogen-bond acceptors (Lipinski definition) is 3. The van der Waals surface area contributed by atoms with Crippen LogP contribution >= 0.6 is 0 Å². The van der Waals surface area contributed by atoms with Gasteiger partial charge in [-0.1, -0.05) is 134 Å². The van der Waals surface area contributed by atoms with Crippen LogP contribution < -0.4 is 0 Å². The van der Waals surface area contributed by atoms with Crippen molar-refractivity contribution in [2.24, 2.45) is 0 Å². The van der Waals surface area contributed by atoms with Gasteiger partial charge in [0.2, 0.25) is 0 Å². The van der Waals surface area contributed by atoms with Crippen molar-refractivity contribution >= 4 is 11.9 Å². The summed E-state index contributed by atoms with van der Waals surface area (Å²) in [5.41, 5.74) is 0. The van der Waals surface area contributed by atoms with Crippen LogP contribution in [0.3, 0.4) is 0 Å². The molecule has 0 bridgehead atoms. The van der Waals surface area contributed by atoms with E-state index in [0.29, 0.717) is 19.3 Å². The summed E-state index contributed by atoms with van der Waals surface area (Å²) in [6.07, 6.45) is 45.9. The zero-order chi connectivity index (χ0) is 32.2. The monoisotopic (exact) mass is 617 g/mol. The Balaban J connectivity index is 3.77. The van der Waals surface area contributed by atoms with Crippen LogP contribution in [0, 0.1) is 0 Å². The van der Waals surface area contributed by atoms with E-state index < -0.39 is 5.97 Å². The van der Waals surface area contributed by atoms with E-state index in [1.165, 1.54) is 122 Å². The van der Waals surface area contributed by atoms with Gasteiger partial charge in [0, 0.05) is 12.8 Å². The van der Waals surface area contributed by atoms with E-state index in [1.54, 1.807) is 0 Å². The van der Waals surface area contributed by atoms with Gasteiger partial charge in [-0.3, -0.25) is 9.59 Å². The third-order valence-electron chi connectivity index (χ3n) is 8.33. The molecule has 0 spiro atoms. The van der Waals surface area contributed by atoms with Gasteiger partial charge in [0.15, 0.2) is 0 Å². The van der Waals surface area contributed by atoms with Crippen molar-refractivity contribution in [2.75, 3.05) is 0 Å². The number of carbonyl (C=O) groups excluding carboxylic acids is 1. The molecule has 1 atom stereocenters. The smallest absolute Gasteiger partial charge is 0.306 e. The summed E-state index contributed by atoms with van der Waals surface area (Å²) in [4.78, 5) is 23.4. The Bertz CT molecular complexity index is 708. The molecule has 0 fully saturated rings. The summed E-state index contributed by atoms with van der Waals surface area (Å²) in [6.45, 7) is 4.50. The molecule has 1 unspecified atom stereocenters. The summed E-state index contributed by atoms with van der Waals surface area (Å²) in [5, 5.41) is 8.98. The van der Waals surface area contributed by atoms with Crippen molar-refractivity contribution in [3.8, 4) is 0 Å². The van der Waals surface area contributed by atoms with Gasteiger partial charge in [0.25, 0.3) is 0 Å². The minimum absolute atomic E-state index is 0.102. The predicted octanol–water partition coefficient (Wildman–Crippen LogP) is 13.0. The summed E-state index contributed by atoms with van der Waals surface area (Å²) in [6, 6.07) is 0. The Morgan fingerprint density at radius 3 is 1.48 bits per heavy atom. The SMILES string of the molecule is CCCCC/C=C\C/C=C\CCCC/C=C\CCCCCCCC(=O)OC(CCCCCCCCCCC)CCCC(=O)O. The van der Waals surface area contributed by atoms with Crippen LogP contribution in [-0.4, -0.2) is 23.1 Å². The van der Waals surface area contributed by atoms with Crippen LogP contribution in [0.4, 0.5) is 0 Å². The summed E-state index contributed by atoms with van der Waals surface area (Å²) in [7, 11) is 0. The highest BCUT2D eigenvalue weighted by Crippen LogP contribution is 2.18. The number of ether oxygens (including phenoxy) is 1. The first-order valence-electron chi connectivity index (χ1n) is 19.0. The van der Waals surface area contributed by atoms with E-state index in [4.69, 9.17) is 9.84 Å². The maximum absolute atomic E-state index is 12.5. The molecule has 0 aliphatic carbocycles. The first-order valence-corrected chi connectivity index (χ1v) is 19.0. The van der Waals surface area contributed by atoms with Crippen LogP contribution in [0.5, 0.6) is 0 Å². The van der Waals surface area contributed by atoms with Crippen molar-refractivity contribution in [3.63, 3.8) is 0 Å². The zero-order valence-electron chi connectivity index (χ0n) is 29.2. The number of carboxylic acids is 1. The minimum atomic E-state index is -0.774. The quantitative estimate of drug-likeness (QED) is 0.0444. The lowest BCUT2D eigenvalue weighted by Crippen LogP contribution is -2.18. The number of allylic oxidation sites excluding steroid dienone is 6. The van der Waals surface area contributed by atoms with Crippen molar-refractivity contribution < 1.29 is 19.4 Å². The highest BCUT2D eigenvalue weighted by atomic mass is 16.5. The van der Waals surface area contributed by atoms with Crippen molar-refractivity contribution in [2.45, 2.75) is 206 Å². The van der Waals surface area contributed by atoms with Gasteiger partial charge in [0.05, 0.1) is 0 Å². The summed E-state index contributed by atoms with van der Waals surface area (Å²) < 4.78 is 5.80. The van der Waals surface area contributed by atoms with Gasteiger partial charge in [-0.2, -0.15) is 0 Å². The van der Waals surface area contributed by atoms with Crippen molar-refractivity contribution in [1.29, 1.82) is 0 Å². The average molecular weight is 617 g/mol. The Morgan fingerprint density at radius 2 is 0.909 bits per heavy atom. The maximum atomic E-state index is 12.5. The maximum Gasteiger partial charge on any atom is 0.306 e. The van der Waals surface area contributed by atoms with E-state index in [0.717, 1.165) is 38.5 Å². The second-order valence-electron chi connectivity index (χ2n) is 12.8. The molecule has 0 saturated heterocycles. The normalized spacial score (nSPS) is 12.6. The molecular formula is C40H72O4. The molecule has 0 amide bonds. The Kier molecular flexibility index (Phi) is 34.1. The van der Waals surface area contributed by atoms with E-state index in [1.807, 2.05) is 0 Å². The Labute approximate surface area is 273 Å². The van der Waals surface area contributed by atoms with Gasteiger partial charge in [-0.05, 0) is 89.9 Å². The molecular weight excluding hydrogens is 544 g/mol. The zero-order valence-corrected chi connectivity index (χ0v) is 29.2. The Hall–Kier alpha value is -1.84. The number of rotatable bonds is 34. The fourth-order valence-corrected chi connectivity index (χ4v) is 5.51. The number of esters is 1. The van der Waals surface area contributed by atoms with Crippen molar-refractivity contribution in [1.82, 2.24) is 0 Å². The van der Waals surface area contributed by atoms with Gasteiger partial charge in [-0.25, -0.2) is 0 Å². The van der Waals surface area contributed by atoms with E-state index in [-0.39, 0.29) is 18.5 Å². The first kappa shape index (κ1) is 42.2. The predicted molar refractivity (Wildman–Crippen MR) is 190 cm³/mol. The molecule has 44 heavy (non-hydrogen) atoms. The average Bonchev–Trinajstić information content (AvgIpc) is 3.00. The molecule has 0 aromatic carbocycles. The molecule has 0 aliphatic heterocycles. The summed E-state index contributed by atoms with van der Waals surface area (Å²) >= 11 is 0. The minimum Gasteiger partial charge on any atom is -0.481 e. The second-order valence-corrected chi connectivity index (χ2v) is 12.8. The summed E-state index contributed by atoms with van der Waals surface area (Å²) in [5.74, 6) is -0.876. The highest BCUT2D eigenvalue weighted by Gasteiger charge is 2.15. The third kappa shape index (κ3) is 34.6. The molecule has 0 rings (SSSR count). The molecule has 0 aliphatic rings. The lowest BCUT2D eigenvalue weighted by molar-refractivity contribution is -0.150. The molecule has 0 radical (unpaired) electrons. The highest BCUT2D eigenvalue weighted by molar-refractivity contribution is 5.69. The van der Waals surface area contributed by atoms with Crippen LogP contribution in [0.1, 0.15) is 200 Å². The molecule has 4 heteroatoms. The van der Waals surface area contributed by atoms with Gasteiger partial charge in [0.1, 0.15) is 6.10 Å². The fourth-order valence-electron chi connectivity index (χ4n) is 5.51. The number of carbonyl (C=O) groups is 2. The van der Waals surface area contributed by atoms with Crippen LogP contribution in [0.25, 0.3) is 0 Å². The third-order valence-corrected chi connectivity index (χ3v) is 8.33. The number of carboxylic acid groups (broad SMARTS) is 1. The number of unbranched alkanes of at least 4 members (excludes halogenated alkanes) is 19. The fraction of sp³-hybridized carbons (Fsp3) is 0.800. The van der Waals surface area contributed by atoms with E-state index in [2.05, 4.69) is 50.3 Å². The van der Waals surface area contributed by atoms with E-state index >= 15 is 0 Å². The van der Waals surface area contributed by atoms with Crippen molar-refractivity contribution in [3.05, 3.63) is 36.5 Å². The number of aliphatic carboxylic acids is 1. The lowest BCUT2D eigenvalue weighted by atomic mass is 10.0. The van der Waals surface area contributed by atoms with E-state index in [9.17, 15) is 9.59 Å². The van der Waals surface area contributed by atoms with Crippen LogP contribution in [0.15, 0.2) is 36.5 Å². The Morgan fingerprint density at radius 1 is 0.500 bits per heavy atom. The molecule has 0 aromatic rings. The molecule has 0 aromatic heterocycles. The van der Waals surface area contributed by atoms with Gasteiger partial charge in [-0.15, -0.1) is 0 Å². The molecule has 1 N–H and O–H groups in total. The molecule has 0 heterocycles. The standard InChI is InChI=1S/C40H72O4/c1-3-5-7-9-11-13-14-15-16-17-18-19-20-21-22-23-24-26-28-30-32-37-40(43)44-38(35-33-36-39(41)42)34-31-29-27-25-12-10-8-6-4-2/h11,13,15-16,21-22,38H,3-10,12,14,17-20,23-37H2,1-2H3,(H,41,42)/b13-11-,16-15-,22-21-. The van der Waals surface area contributed by atoms with Crippen LogP contribution in [0.2, 0.25) is 0 Å². The van der Waals surface area contributed by atoms with Gasteiger partial charge < -0.3 is 9.84 Å². The topological polar surface area (TPSA) is 63.6 Å². The first-order chi connectivity index (χ1) is 21.6. The molecule has 0 saturated carbocycles. The second kappa shape index (κ2) is 35.6. The lowest BCUT2D eigenvalue weighted by Gasteiger charge is -2.18.